The second-order valence-electron chi connectivity index (χ2n) is 6.36. The van der Waals surface area contributed by atoms with Gasteiger partial charge < -0.3 is 10.1 Å². The van der Waals surface area contributed by atoms with E-state index in [2.05, 4.69) is 39.1 Å². The Hall–Kier alpha value is -1.35. The zero-order valence-electron chi connectivity index (χ0n) is 13.9. The molecule has 0 spiro atoms. The van der Waals surface area contributed by atoms with Crippen LogP contribution in [0.15, 0.2) is 6.07 Å². The van der Waals surface area contributed by atoms with Gasteiger partial charge in [0.15, 0.2) is 0 Å². The van der Waals surface area contributed by atoms with Crippen molar-refractivity contribution in [3.63, 3.8) is 0 Å². The van der Waals surface area contributed by atoms with Gasteiger partial charge in [0.2, 0.25) is 0 Å². The maximum Gasteiger partial charge on any atom is 0.307 e. The van der Waals surface area contributed by atoms with Gasteiger partial charge in [-0.25, -0.2) is 0 Å². The van der Waals surface area contributed by atoms with Crippen LogP contribution in [0.25, 0.3) is 0 Å². The van der Waals surface area contributed by atoms with Crippen molar-refractivity contribution in [3.8, 4) is 0 Å². The number of methoxy groups -OCH3 is 1. The van der Waals surface area contributed by atoms with Crippen LogP contribution in [-0.2, 0) is 16.0 Å². The van der Waals surface area contributed by atoms with E-state index >= 15 is 0 Å². The standard InChI is InChI=1S/C18H27NO2/c1-11-8-12(2)14(4)17(13(11)3)9-16(10-18(20)21-5)19-15-6-7-15/h8,15-16,19H,6-7,9-10H2,1-5H3. The lowest BCUT2D eigenvalue weighted by molar-refractivity contribution is -0.141. The van der Waals surface area contributed by atoms with E-state index in [1.165, 1.54) is 47.8 Å². The maximum atomic E-state index is 11.7. The summed E-state index contributed by atoms with van der Waals surface area (Å²) in [7, 11) is 1.46. The number of nitrogens with one attached hydrogen (secondary N) is 1. The molecule has 1 aliphatic rings. The predicted octanol–water partition coefficient (Wildman–Crippen LogP) is 3.15. The molecule has 1 aliphatic carbocycles. The number of carbonyl (C=O) groups excluding carboxylic acids is 1. The molecule has 116 valence electrons. The van der Waals surface area contributed by atoms with Crippen molar-refractivity contribution in [1.82, 2.24) is 5.32 Å². The third-order valence-electron chi connectivity index (χ3n) is 4.66. The van der Waals surface area contributed by atoms with E-state index in [9.17, 15) is 4.79 Å². The molecule has 0 aromatic heterocycles. The van der Waals surface area contributed by atoms with Gasteiger partial charge in [0.1, 0.15) is 0 Å². The average molecular weight is 289 g/mol. The van der Waals surface area contributed by atoms with Crippen molar-refractivity contribution in [3.05, 3.63) is 33.9 Å². The third-order valence-corrected chi connectivity index (χ3v) is 4.66. The molecule has 1 saturated carbocycles. The van der Waals surface area contributed by atoms with Crippen molar-refractivity contribution < 1.29 is 9.53 Å². The minimum absolute atomic E-state index is 0.132. The summed E-state index contributed by atoms with van der Waals surface area (Å²) < 4.78 is 4.85. The summed E-state index contributed by atoms with van der Waals surface area (Å²) in [5, 5.41) is 3.60. The zero-order chi connectivity index (χ0) is 15.6. The Morgan fingerprint density at radius 2 is 1.81 bits per heavy atom. The van der Waals surface area contributed by atoms with Crippen molar-refractivity contribution >= 4 is 5.97 Å². The fourth-order valence-corrected chi connectivity index (χ4v) is 2.91. The lowest BCUT2D eigenvalue weighted by Gasteiger charge is -2.22. The molecule has 3 heteroatoms. The molecule has 0 saturated heterocycles. The molecule has 21 heavy (non-hydrogen) atoms. The zero-order valence-corrected chi connectivity index (χ0v) is 13.9. The van der Waals surface area contributed by atoms with Crippen LogP contribution in [0.5, 0.6) is 0 Å². The van der Waals surface area contributed by atoms with Crippen molar-refractivity contribution in [2.45, 2.75) is 65.5 Å². The third kappa shape index (κ3) is 4.07. The van der Waals surface area contributed by atoms with Gasteiger partial charge in [0.25, 0.3) is 0 Å². The molecule has 0 aliphatic heterocycles. The van der Waals surface area contributed by atoms with E-state index in [0.717, 1.165) is 6.42 Å². The number of esters is 1. The molecule has 1 atom stereocenters. The van der Waals surface area contributed by atoms with Gasteiger partial charge in [0, 0.05) is 12.1 Å². The number of hydrogen-bond donors (Lipinski definition) is 1. The van der Waals surface area contributed by atoms with Crippen molar-refractivity contribution in [2.24, 2.45) is 0 Å². The van der Waals surface area contributed by atoms with E-state index < -0.39 is 0 Å². The van der Waals surface area contributed by atoms with Crippen LogP contribution in [0.1, 0.15) is 47.1 Å². The summed E-state index contributed by atoms with van der Waals surface area (Å²) in [4.78, 5) is 11.7. The summed E-state index contributed by atoms with van der Waals surface area (Å²) in [6.45, 7) is 8.69. The highest BCUT2D eigenvalue weighted by Crippen LogP contribution is 2.26. The topological polar surface area (TPSA) is 38.3 Å². The number of rotatable bonds is 6. The first-order valence-electron chi connectivity index (χ1n) is 7.81. The first-order chi connectivity index (χ1) is 9.92. The van der Waals surface area contributed by atoms with E-state index in [4.69, 9.17) is 4.74 Å². The summed E-state index contributed by atoms with van der Waals surface area (Å²) in [5.74, 6) is -0.132. The van der Waals surface area contributed by atoms with Crippen molar-refractivity contribution in [2.75, 3.05) is 7.11 Å². The Balaban J connectivity index is 2.20. The van der Waals surface area contributed by atoms with Gasteiger partial charge in [-0.2, -0.15) is 0 Å². The first kappa shape index (κ1) is 16.0. The Morgan fingerprint density at radius 3 is 2.29 bits per heavy atom. The molecule has 0 radical (unpaired) electrons. The summed E-state index contributed by atoms with van der Waals surface area (Å²) in [6, 6.07) is 3.01. The smallest absolute Gasteiger partial charge is 0.307 e. The van der Waals surface area contributed by atoms with Gasteiger partial charge in [-0.1, -0.05) is 6.07 Å². The monoisotopic (exact) mass is 289 g/mol. The molecule has 1 aromatic rings. The molecule has 1 unspecified atom stereocenters. The predicted molar refractivity (Wildman–Crippen MR) is 85.7 cm³/mol. The first-order valence-corrected chi connectivity index (χ1v) is 7.81. The van der Waals surface area contributed by atoms with Gasteiger partial charge in [-0.3, -0.25) is 4.79 Å². The highest BCUT2D eigenvalue weighted by atomic mass is 16.5. The SMILES string of the molecule is COC(=O)CC(Cc1c(C)c(C)cc(C)c1C)NC1CC1. The molecule has 0 bridgehead atoms. The second kappa shape index (κ2) is 6.61. The van der Waals surface area contributed by atoms with Crippen LogP contribution in [0, 0.1) is 27.7 Å². The summed E-state index contributed by atoms with van der Waals surface area (Å²) >= 11 is 0. The van der Waals surface area contributed by atoms with Crippen LogP contribution in [0.2, 0.25) is 0 Å². The Labute approximate surface area is 128 Å². The summed E-state index contributed by atoms with van der Waals surface area (Å²) in [6.07, 6.45) is 3.79. The van der Waals surface area contributed by atoms with E-state index in [1.54, 1.807) is 0 Å². The average Bonchev–Trinajstić information content (AvgIpc) is 3.25. The quantitative estimate of drug-likeness (QED) is 0.818. The molecular weight excluding hydrogens is 262 g/mol. The largest absolute Gasteiger partial charge is 0.469 e. The lowest BCUT2D eigenvalue weighted by atomic mass is 9.89. The Morgan fingerprint density at radius 1 is 1.24 bits per heavy atom. The highest BCUT2D eigenvalue weighted by Gasteiger charge is 2.27. The molecular formula is C18H27NO2. The van der Waals surface area contributed by atoms with Crippen LogP contribution in [0.4, 0.5) is 0 Å². The molecule has 0 heterocycles. The molecule has 1 aromatic carbocycles. The molecule has 0 amide bonds. The van der Waals surface area contributed by atoms with E-state index in [-0.39, 0.29) is 12.0 Å². The number of aryl methyl sites for hydroxylation is 2. The van der Waals surface area contributed by atoms with Crippen LogP contribution in [0.3, 0.4) is 0 Å². The fraction of sp³-hybridized carbons (Fsp3) is 0.611. The van der Waals surface area contributed by atoms with E-state index in [1.807, 2.05) is 0 Å². The molecule has 1 fully saturated rings. The van der Waals surface area contributed by atoms with Gasteiger partial charge in [-0.15, -0.1) is 0 Å². The number of carbonyl (C=O) groups is 1. The van der Waals surface area contributed by atoms with Gasteiger partial charge in [0.05, 0.1) is 13.5 Å². The van der Waals surface area contributed by atoms with Crippen molar-refractivity contribution in [1.29, 1.82) is 0 Å². The fourth-order valence-electron chi connectivity index (χ4n) is 2.91. The molecule has 1 N–H and O–H groups in total. The number of benzene rings is 1. The molecule has 2 rings (SSSR count). The second-order valence-corrected chi connectivity index (χ2v) is 6.36. The lowest BCUT2D eigenvalue weighted by Crippen LogP contribution is -2.35. The van der Waals surface area contributed by atoms with E-state index in [0.29, 0.717) is 12.5 Å². The van der Waals surface area contributed by atoms with Gasteiger partial charge >= 0.3 is 5.97 Å². The Bertz CT molecular complexity index is 506. The van der Waals surface area contributed by atoms with Crippen LogP contribution >= 0.6 is 0 Å². The van der Waals surface area contributed by atoms with Crippen LogP contribution in [-0.4, -0.2) is 25.2 Å². The number of hydrogen-bond acceptors (Lipinski definition) is 3. The maximum absolute atomic E-state index is 11.7. The van der Waals surface area contributed by atoms with Crippen LogP contribution < -0.4 is 5.32 Å². The number of ether oxygens (including phenoxy) is 1. The Kier molecular flexibility index (Phi) is 5.04. The minimum Gasteiger partial charge on any atom is -0.469 e. The normalized spacial score (nSPS) is 15.9. The minimum atomic E-state index is -0.132. The molecule has 3 nitrogen and oxygen atoms in total. The highest BCUT2D eigenvalue weighted by molar-refractivity contribution is 5.70. The van der Waals surface area contributed by atoms with Gasteiger partial charge in [-0.05, 0) is 74.8 Å². The summed E-state index contributed by atoms with van der Waals surface area (Å²) in [5.41, 5.74) is 6.75.